The molecule has 0 saturated carbocycles. The predicted molar refractivity (Wildman–Crippen MR) is 145 cm³/mol. The highest BCUT2D eigenvalue weighted by Crippen LogP contribution is 2.46. The van der Waals surface area contributed by atoms with Crippen LogP contribution in [0.25, 0.3) is 0 Å². The van der Waals surface area contributed by atoms with Crippen molar-refractivity contribution in [1.82, 2.24) is 0 Å². The molecule has 0 bridgehead atoms. The van der Waals surface area contributed by atoms with Gasteiger partial charge in [-0.2, -0.15) is 0 Å². The van der Waals surface area contributed by atoms with Gasteiger partial charge in [-0.3, -0.25) is 0 Å². The number of unbranched alkanes of at least 4 members (excludes halogenated alkanes) is 1. The Morgan fingerprint density at radius 1 is 0.917 bits per heavy atom. The highest BCUT2D eigenvalue weighted by Gasteiger charge is 2.53. The van der Waals surface area contributed by atoms with E-state index in [0.717, 1.165) is 51.4 Å². The minimum absolute atomic E-state index is 0.184. The zero-order valence-electron chi connectivity index (χ0n) is 24.1. The summed E-state index contributed by atoms with van der Waals surface area (Å²) in [5.74, 6) is 0. The van der Waals surface area contributed by atoms with Crippen molar-refractivity contribution in [3.8, 4) is 0 Å². The van der Waals surface area contributed by atoms with Gasteiger partial charge in [0.25, 0.3) is 0 Å². The summed E-state index contributed by atoms with van der Waals surface area (Å²) in [7, 11) is 0. The Morgan fingerprint density at radius 2 is 1.47 bits per heavy atom. The molecule has 0 aliphatic carbocycles. The van der Waals surface area contributed by atoms with E-state index in [-0.39, 0.29) is 12.2 Å². The lowest BCUT2D eigenvalue weighted by Crippen LogP contribution is -2.51. The van der Waals surface area contributed by atoms with Crippen LogP contribution < -0.4 is 0 Å². The molecule has 0 spiro atoms. The summed E-state index contributed by atoms with van der Waals surface area (Å²) in [6, 6.07) is 0. The molecule has 2 aliphatic heterocycles. The molecule has 6 nitrogen and oxygen atoms in total. The molecule has 0 radical (unpaired) electrons. The van der Waals surface area contributed by atoms with Crippen LogP contribution in [0.4, 0.5) is 0 Å². The number of aliphatic hydroxyl groups is 4. The first-order chi connectivity index (χ1) is 16.5. The molecule has 4 N–H and O–H groups in total. The maximum Gasteiger partial charge on any atom is 0.0944 e. The van der Waals surface area contributed by atoms with E-state index in [4.69, 9.17) is 9.47 Å². The summed E-state index contributed by atoms with van der Waals surface area (Å²) in [6.07, 6.45) is 11.0. The van der Waals surface area contributed by atoms with Gasteiger partial charge in [-0.05, 0) is 120 Å². The van der Waals surface area contributed by atoms with Crippen LogP contribution in [-0.4, -0.2) is 67.2 Å². The summed E-state index contributed by atoms with van der Waals surface area (Å²) < 4.78 is 12.1. The Labute approximate surface area is 219 Å². The van der Waals surface area contributed by atoms with Crippen molar-refractivity contribution in [3.05, 3.63) is 23.3 Å². The predicted octanol–water partition coefficient (Wildman–Crippen LogP) is 5.36. The third kappa shape index (κ3) is 8.64. The van der Waals surface area contributed by atoms with E-state index < -0.39 is 34.6 Å². The average Bonchev–Trinajstić information content (AvgIpc) is 3.39. The van der Waals surface area contributed by atoms with Crippen molar-refractivity contribution >= 4 is 0 Å². The molecular weight excluding hydrogens is 456 g/mol. The first kappa shape index (κ1) is 31.5. The maximum absolute atomic E-state index is 10.9. The zero-order chi connectivity index (χ0) is 27.4. The zero-order valence-corrected chi connectivity index (χ0v) is 24.1. The molecule has 2 aliphatic rings. The van der Waals surface area contributed by atoms with Gasteiger partial charge in [-0.15, -0.1) is 0 Å². The van der Waals surface area contributed by atoms with Crippen molar-refractivity contribution in [2.75, 3.05) is 0 Å². The second-order valence-electron chi connectivity index (χ2n) is 12.9. The molecule has 210 valence electrons. The molecule has 6 unspecified atom stereocenters. The standard InChI is InChI=1S/C30H54O6/c1-21(13-15-23(31)24-16-18-26(35-24)27(3,4)33)11-9-10-12-22(2)14-17-25(32)29(7)19-20-30(8,36-29)28(5,6)34/h11-12,23-26,31-34H,9-10,13-20H2,1-8H3. The second kappa shape index (κ2) is 12.4. The summed E-state index contributed by atoms with van der Waals surface area (Å²) >= 11 is 0. The van der Waals surface area contributed by atoms with Crippen molar-refractivity contribution in [1.29, 1.82) is 0 Å². The number of ether oxygens (including phenoxy) is 2. The first-order valence-electron chi connectivity index (χ1n) is 13.9. The van der Waals surface area contributed by atoms with Gasteiger partial charge in [0.05, 0.1) is 46.8 Å². The first-order valence-corrected chi connectivity index (χ1v) is 13.9. The SMILES string of the molecule is CC(=CCCC=C(C)CCC(O)C1(C)CCC(C)(C(C)(C)O)O1)CCC(O)C1CCC(C(C)(C)O)O1. The van der Waals surface area contributed by atoms with Gasteiger partial charge >= 0.3 is 0 Å². The number of allylic oxidation sites excluding steroid dienone is 4. The minimum atomic E-state index is -0.950. The molecular formula is C30H54O6. The van der Waals surface area contributed by atoms with Crippen LogP contribution in [0.2, 0.25) is 0 Å². The van der Waals surface area contributed by atoms with E-state index in [0.29, 0.717) is 12.8 Å². The highest BCUT2D eigenvalue weighted by atomic mass is 16.6. The fourth-order valence-corrected chi connectivity index (χ4v) is 5.33. The summed E-state index contributed by atoms with van der Waals surface area (Å²) in [6.45, 7) is 15.2. The van der Waals surface area contributed by atoms with Gasteiger partial charge in [0.15, 0.2) is 0 Å². The van der Waals surface area contributed by atoms with E-state index in [1.807, 2.05) is 13.8 Å². The van der Waals surface area contributed by atoms with Crippen LogP contribution in [-0.2, 0) is 9.47 Å². The quantitative estimate of drug-likeness (QED) is 0.197. The molecule has 0 aromatic rings. The summed E-state index contributed by atoms with van der Waals surface area (Å²) in [5.41, 5.74) is -0.547. The van der Waals surface area contributed by atoms with E-state index in [1.165, 1.54) is 11.1 Å². The van der Waals surface area contributed by atoms with Crippen molar-refractivity contribution in [2.24, 2.45) is 0 Å². The maximum atomic E-state index is 10.9. The fourth-order valence-electron chi connectivity index (χ4n) is 5.33. The van der Waals surface area contributed by atoms with Crippen LogP contribution in [0, 0.1) is 0 Å². The monoisotopic (exact) mass is 510 g/mol. The number of hydrogen-bond donors (Lipinski definition) is 4. The molecule has 2 heterocycles. The van der Waals surface area contributed by atoms with Crippen molar-refractivity contribution in [3.63, 3.8) is 0 Å². The van der Waals surface area contributed by atoms with Gasteiger partial charge in [0.1, 0.15) is 0 Å². The number of hydrogen-bond acceptors (Lipinski definition) is 6. The fraction of sp³-hybridized carbons (Fsp3) is 0.867. The van der Waals surface area contributed by atoms with E-state index >= 15 is 0 Å². The van der Waals surface area contributed by atoms with Crippen molar-refractivity contribution in [2.45, 2.75) is 166 Å². The molecule has 2 rings (SSSR count). The Kier molecular flexibility index (Phi) is 10.8. The normalized spacial score (nSPS) is 32.2. The molecule has 6 atom stereocenters. The summed E-state index contributed by atoms with van der Waals surface area (Å²) in [5, 5.41) is 41.9. The van der Waals surface area contributed by atoms with Gasteiger partial charge < -0.3 is 29.9 Å². The van der Waals surface area contributed by atoms with Gasteiger partial charge in [0.2, 0.25) is 0 Å². The molecule has 6 heteroatoms. The number of rotatable bonds is 13. The second-order valence-corrected chi connectivity index (χ2v) is 12.9. The van der Waals surface area contributed by atoms with Crippen LogP contribution in [0.15, 0.2) is 23.3 Å². The van der Waals surface area contributed by atoms with Crippen LogP contribution >= 0.6 is 0 Å². The van der Waals surface area contributed by atoms with Gasteiger partial charge in [-0.1, -0.05) is 23.3 Å². The van der Waals surface area contributed by atoms with Gasteiger partial charge in [0, 0.05) is 0 Å². The lowest BCUT2D eigenvalue weighted by Gasteiger charge is -2.40. The molecule has 0 aromatic heterocycles. The number of aliphatic hydroxyl groups excluding tert-OH is 2. The molecule has 0 aromatic carbocycles. The Bertz CT molecular complexity index is 760. The van der Waals surface area contributed by atoms with E-state index in [2.05, 4.69) is 26.0 Å². The van der Waals surface area contributed by atoms with Crippen LogP contribution in [0.3, 0.4) is 0 Å². The van der Waals surface area contributed by atoms with E-state index in [1.54, 1.807) is 27.7 Å². The minimum Gasteiger partial charge on any atom is -0.390 e. The summed E-state index contributed by atoms with van der Waals surface area (Å²) in [4.78, 5) is 0. The molecule has 2 fully saturated rings. The Balaban J connectivity index is 1.69. The van der Waals surface area contributed by atoms with Crippen LogP contribution in [0.1, 0.15) is 120 Å². The largest absolute Gasteiger partial charge is 0.390 e. The third-order valence-corrected chi connectivity index (χ3v) is 8.62. The third-order valence-electron chi connectivity index (χ3n) is 8.62. The van der Waals surface area contributed by atoms with Crippen molar-refractivity contribution < 1.29 is 29.9 Å². The van der Waals surface area contributed by atoms with E-state index in [9.17, 15) is 20.4 Å². The molecule has 36 heavy (non-hydrogen) atoms. The smallest absolute Gasteiger partial charge is 0.0944 e. The molecule has 0 amide bonds. The topological polar surface area (TPSA) is 99.4 Å². The van der Waals surface area contributed by atoms with Gasteiger partial charge in [-0.25, -0.2) is 0 Å². The lowest BCUT2D eigenvalue weighted by molar-refractivity contribution is -0.202. The highest BCUT2D eigenvalue weighted by molar-refractivity contribution is 5.06. The lowest BCUT2D eigenvalue weighted by atomic mass is 9.84. The Hall–Kier alpha value is -0.760. The molecule has 2 saturated heterocycles. The van der Waals surface area contributed by atoms with Crippen LogP contribution in [0.5, 0.6) is 0 Å². The Morgan fingerprint density at radius 3 is 1.94 bits per heavy atom. The average molecular weight is 511 g/mol.